The van der Waals surface area contributed by atoms with E-state index in [0.29, 0.717) is 24.5 Å². The summed E-state index contributed by atoms with van der Waals surface area (Å²) in [4.78, 5) is 11.7. The molecule has 10 heteroatoms. The Balaban J connectivity index is 1.63. The molecule has 3 aromatic heterocycles. The van der Waals surface area contributed by atoms with E-state index >= 15 is 0 Å². The first-order valence-electron chi connectivity index (χ1n) is 9.41. The molecule has 0 atom stereocenters. The number of nitrogens with zero attached hydrogens (tertiary/aromatic N) is 6. The second-order valence-corrected chi connectivity index (χ2v) is 8.69. The van der Waals surface area contributed by atoms with Crippen molar-refractivity contribution in [2.24, 2.45) is 0 Å². The number of nitrogens with one attached hydrogen (secondary N) is 1. The van der Waals surface area contributed by atoms with Crippen molar-refractivity contribution in [2.75, 3.05) is 32.1 Å². The molecule has 0 bridgehead atoms. The third kappa shape index (κ3) is 3.81. The van der Waals surface area contributed by atoms with E-state index in [1.54, 1.807) is 9.12 Å². The molecule has 1 saturated heterocycles. The van der Waals surface area contributed by atoms with Gasteiger partial charge < -0.3 is 15.0 Å². The fourth-order valence-corrected chi connectivity index (χ4v) is 4.86. The highest BCUT2D eigenvalue weighted by atomic mass is 127. The van der Waals surface area contributed by atoms with Crippen molar-refractivity contribution in [3.8, 4) is 5.88 Å². The lowest BCUT2D eigenvalue weighted by atomic mass is 10.1. The van der Waals surface area contributed by atoms with E-state index in [1.807, 2.05) is 29.4 Å². The molecule has 1 aliphatic rings. The highest BCUT2D eigenvalue weighted by molar-refractivity contribution is 14.2. The van der Waals surface area contributed by atoms with E-state index in [4.69, 9.17) is 9.72 Å². The quantitative estimate of drug-likeness (QED) is 0.496. The molecule has 3 aromatic rings. The van der Waals surface area contributed by atoms with E-state index in [1.165, 1.54) is 0 Å². The van der Waals surface area contributed by atoms with E-state index < -0.39 is 0 Å². The Labute approximate surface area is 180 Å². The number of halogens is 1. The summed E-state index contributed by atoms with van der Waals surface area (Å²) in [5, 5.41) is 8.91. The Morgan fingerprint density at radius 2 is 2.11 bits per heavy atom. The van der Waals surface area contributed by atoms with Gasteiger partial charge in [0.1, 0.15) is 0 Å². The molecule has 0 aromatic carbocycles. The van der Waals surface area contributed by atoms with Gasteiger partial charge in [-0.25, -0.2) is 0 Å². The van der Waals surface area contributed by atoms with Crippen LogP contribution in [0.25, 0.3) is 11.0 Å². The van der Waals surface area contributed by atoms with Gasteiger partial charge in [0.2, 0.25) is 11.8 Å². The van der Waals surface area contributed by atoms with Gasteiger partial charge in [-0.3, -0.25) is 8.65 Å². The number of rotatable bonds is 6. The second kappa shape index (κ2) is 8.46. The number of hydrogen-bond acceptors (Lipinski definition) is 7. The zero-order valence-corrected chi connectivity index (χ0v) is 19.2. The summed E-state index contributed by atoms with van der Waals surface area (Å²) in [6.45, 7) is 6.82. The molecule has 1 fully saturated rings. The van der Waals surface area contributed by atoms with Crippen molar-refractivity contribution >= 4 is 53.0 Å². The topological polar surface area (TPSA) is 73.0 Å². The normalized spacial score (nSPS) is 16.0. The van der Waals surface area contributed by atoms with Crippen LogP contribution in [-0.2, 0) is 0 Å². The van der Waals surface area contributed by atoms with Crippen molar-refractivity contribution in [2.45, 2.75) is 32.7 Å². The number of piperidine rings is 1. The van der Waals surface area contributed by atoms with E-state index in [0.717, 1.165) is 48.3 Å². The molecule has 0 amide bonds. The fraction of sp³-hybridized carbons (Fsp3) is 0.500. The lowest BCUT2D eigenvalue weighted by Gasteiger charge is -2.29. The smallest absolute Gasteiger partial charge is 0.232 e. The summed E-state index contributed by atoms with van der Waals surface area (Å²) < 4.78 is 9.89. The van der Waals surface area contributed by atoms with Gasteiger partial charge in [-0.1, -0.05) is 0 Å². The summed E-state index contributed by atoms with van der Waals surface area (Å²) in [7, 11) is 3.74. The van der Waals surface area contributed by atoms with Crippen LogP contribution in [-0.4, -0.2) is 55.4 Å². The Morgan fingerprint density at radius 1 is 1.32 bits per heavy atom. The van der Waals surface area contributed by atoms with Crippen LogP contribution in [0.2, 0.25) is 0 Å². The minimum absolute atomic E-state index is 0.446. The fourth-order valence-electron chi connectivity index (χ4n) is 3.60. The molecule has 1 aliphatic heterocycles. The van der Waals surface area contributed by atoms with E-state index in [-0.39, 0.29) is 0 Å². The first-order chi connectivity index (χ1) is 13.6. The SMILES string of the molecule is CCOc1nc(Nc2cnn(C3CCN(C)CC3)c2C)nc2c1ccn2SI. The van der Waals surface area contributed by atoms with Crippen LogP contribution in [0.5, 0.6) is 5.88 Å². The van der Waals surface area contributed by atoms with Gasteiger partial charge in [-0.2, -0.15) is 15.1 Å². The van der Waals surface area contributed by atoms with E-state index in [9.17, 15) is 0 Å². The second-order valence-electron chi connectivity index (χ2n) is 6.98. The van der Waals surface area contributed by atoms with Gasteiger partial charge in [0.25, 0.3) is 0 Å². The molecule has 0 spiro atoms. The summed E-state index contributed by atoms with van der Waals surface area (Å²) in [5.74, 6) is 1.12. The maximum atomic E-state index is 5.75. The maximum Gasteiger partial charge on any atom is 0.232 e. The maximum absolute atomic E-state index is 5.75. The third-order valence-corrected chi connectivity index (χ3v) is 6.87. The number of ether oxygens (including phenoxy) is 1. The average Bonchev–Trinajstić information content (AvgIpc) is 3.27. The molecule has 0 aliphatic carbocycles. The Kier molecular flexibility index (Phi) is 5.97. The van der Waals surface area contributed by atoms with Crippen molar-refractivity contribution in [3.05, 3.63) is 24.2 Å². The molecule has 4 rings (SSSR count). The standard InChI is InChI=1S/C18H24IN7OS/c1-4-27-17-14-7-10-25(28-19)16(14)22-18(23-17)21-15-11-20-26(12(15)2)13-5-8-24(3)9-6-13/h7,10-11,13H,4-6,8-9H2,1-3H3,(H,21,22,23). The highest BCUT2D eigenvalue weighted by Crippen LogP contribution is 2.31. The number of fused-ring (bicyclic) bond motifs is 1. The van der Waals surface area contributed by atoms with Gasteiger partial charge in [0, 0.05) is 36.5 Å². The van der Waals surface area contributed by atoms with E-state index in [2.05, 4.69) is 60.2 Å². The van der Waals surface area contributed by atoms with Crippen LogP contribution in [0.1, 0.15) is 31.5 Å². The van der Waals surface area contributed by atoms with Crippen molar-refractivity contribution in [3.63, 3.8) is 0 Å². The molecule has 0 saturated carbocycles. The number of anilines is 2. The Morgan fingerprint density at radius 3 is 2.82 bits per heavy atom. The van der Waals surface area contributed by atoms with Gasteiger partial charge in [0.15, 0.2) is 5.65 Å². The van der Waals surface area contributed by atoms with Crippen LogP contribution in [0.15, 0.2) is 18.5 Å². The van der Waals surface area contributed by atoms with Gasteiger partial charge >= 0.3 is 0 Å². The number of hydrogen-bond donors (Lipinski definition) is 1. The van der Waals surface area contributed by atoms with Gasteiger partial charge in [-0.05, 0) is 52.9 Å². The van der Waals surface area contributed by atoms with Gasteiger partial charge in [0.05, 0.1) is 35.6 Å². The molecular weight excluding hydrogens is 489 g/mol. The predicted octanol–water partition coefficient (Wildman–Crippen LogP) is 4.19. The molecule has 150 valence electrons. The molecule has 8 nitrogen and oxygen atoms in total. The van der Waals surface area contributed by atoms with Crippen molar-refractivity contribution < 1.29 is 4.74 Å². The van der Waals surface area contributed by atoms with Crippen molar-refractivity contribution in [1.29, 1.82) is 0 Å². The molecule has 1 N–H and O–H groups in total. The first kappa shape index (κ1) is 19.8. The van der Waals surface area contributed by atoms with Gasteiger partial charge in [-0.15, -0.1) is 0 Å². The first-order valence-corrected chi connectivity index (χ1v) is 12.7. The summed E-state index contributed by atoms with van der Waals surface area (Å²) in [5.41, 5.74) is 2.87. The molecule has 28 heavy (non-hydrogen) atoms. The predicted molar refractivity (Wildman–Crippen MR) is 122 cm³/mol. The zero-order valence-electron chi connectivity index (χ0n) is 16.2. The minimum Gasteiger partial charge on any atom is -0.477 e. The van der Waals surface area contributed by atoms with Crippen LogP contribution < -0.4 is 10.1 Å². The van der Waals surface area contributed by atoms with Crippen LogP contribution in [0.4, 0.5) is 11.6 Å². The Hall–Kier alpha value is -1.53. The minimum atomic E-state index is 0.446. The molecule has 0 radical (unpaired) electrons. The summed E-state index contributed by atoms with van der Waals surface area (Å²) >= 11 is 2.24. The summed E-state index contributed by atoms with van der Waals surface area (Å²) in [6.07, 6.45) is 6.09. The van der Waals surface area contributed by atoms with Crippen LogP contribution in [0.3, 0.4) is 0 Å². The molecule has 0 unspecified atom stereocenters. The zero-order chi connectivity index (χ0) is 19.7. The third-order valence-electron chi connectivity index (χ3n) is 5.16. The highest BCUT2D eigenvalue weighted by Gasteiger charge is 2.22. The molecule has 4 heterocycles. The molecular formula is C18H24IN7OS. The van der Waals surface area contributed by atoms with Crippen LogP contribution in [0, 0.1) is 6.92 Å². The monoisotopic (exact) mass is 513 g/mol. The number of likely N-dealkylation sites (tertiary alicyclic amines) is 1. The largest absolute Gasteiger partial charge is 0.477 e. The summed E-state index contributed by atoms with van der Waals surface area (Å²) in [6, 6.07) is 2.43. The lowest BCUT2D eigenvalue weighted by molar-refractivity contribution is 0.210. The number of aromatic nitrogens is 5. The average molecular weight is 513 g/mol. The lowest BCUT2D eigenvalue weighted by Crippen LogP contribution is -2.32. The van der Waals surface area contributed by atoms with Crippen LogP contribution >= 0.6 is 30.3 Å². The van der Waals surface area contributed by atoms with Crippen molar-refractivity contribution in [1.82, 2.24) is 28.6 Å². The Bertz CT molecular complexity index is 964.